The smallest absolute Gasteiger partial charge is 0.341 e. The summed E-state index contributed by atoms with van der Waals surface area (Å²) in [5.41, 5.74) is 2.03. The van der Waals surface area contributed by atoms with E-state index in [1.807, 2.05) is 44.2 Å². The van der Waals surface area contributed by atoms with E-state index in [1.54, 1.807) is 11.6 Å². The lowest BCUT2D eigenvalue weighted by atomic mass is 10.2. The second-order valence-corrected chi connectivity index (χ2v) is 5.05. The zero-order chi connectivity index (χ0) is 17.4. The van der Waals surface area contributed by atoms with Crippen molar-refractivity contribution in [2.45, 2.75) is 33.6 Å². The van der Waals surface area contributed by atoms with E-state index in [4.69, 9.17) is 14.2 Å². The number of carbonyl (C=O) groups excluding carboxylic acids is 1. The lowest BCUT2D eigenvalue weighted by molar-refractivity contribution is -0.144. The molecule has 2 rings (SSSR count). The van der Waals surface area contributed by atoms with Crippen LogP contribution in [0.15, 0.2) is 36.5 Å². The van der Waals surface area contributed by atoms with Crippen LogP contribution in [-0.2, 0) is 20.8 Å². The lowest BCUT2D eigenvalue weighted by Crippen LogP contribution is -2.19. The number of ether oxygens (including phenoxy) is 3. The molecule has 0 saturated carbocycles. The summed E-state index contributed by atoms with van der Waals surface area (Å²) in [6, 6.07) is 9.90. The Hall–Kier alpha value is -2.18. The SMILES string of the molecule is CCOC(=O)c1cnn(Cc2ccccc2)c1C(OCC)OCC. The van der Waals surface area contributed by atoms with E-state index in [1.165, 1.54) is 6.20 Å². The van der Waals surface area contributed by atoms with Gasteiger partial charge in [0.1, 0.15) is 11.3 Å². The highest BCUT2D eigenvalue weighted by Crippen LogP contribution is 2.24. The Morgan fingerprint density at radius 2 is 1.75 bits per heavy atom. The van der Waals surface area contributed by atoms with Gasteiger partial charge in [-0.25, -0.2) is 4.79 Å². The Kier molecular flexibility index (Phi) is 6.96. The summed E-state index contributed by atoms with van der Waals surface area (Å²) >= 11 is 0. The van der Waals surface area contributed by atoms with Crippen LogP contribution in [0.1, 0.15) is 48.7 Å². The molecular weight excluding hydrogens is 308 g/mol. The fourth-order valence-corrected chi connectivity index (χ4v) is 2.40. The largest absolute Gasteiger partial charge is 0.462 e. The van der Waals surface area contributed by atoms with Crippen LogP contribution in [0.4, 0.5) is 0 Å². The first-order chi connectivity index (χ1) is 11.7. The second-order valence-electron chi connectivity index (χ2n) is 5.05. The number of nitrogens with zero attached hydrogens (tertiary/aromatic N) is 2. The van der Waals surface area contributed by atoms with Crippen molar-refractivity contribution < 1.29 is 19.0 Å². The monoisotopic (exact) mass is 332 g/mol. The van der Waals surface area contributed by atoms with Gasteiger partial charge in [-0.2, -0.15) is 5.10 Å². The minimum Gasteiger partial charge on any atom is -0.462 e. The molecule has 0 saturated heterocycles. The first-order valence-electron chi connectivity index (χ1n) is 8.21. The third-order valence-electron chi connectivity index (χ3n) is 3.41. The molecule has 130 valence electrons. The summed E-state index contributed by atoms with van der Waals surface area (Å²) in [6.45, 7) is 7.28. The molecule has 2 aromatic rings. The molecule has 0 N–H and O–H groups in total. The zero-order valence-electron chi connectivity index (χ0n) is 14.4. The highest BCUT2D eigenvalue weighted by Gasteiger charge is 2.26. The van der Waals surface area contributed by atoms with E-state index in [9.17, 15) is 4.79 Å². The van der Waals surface area contributed by atoms with Gasteiger partial charge in [-0.1, -0.05) is 30.3 Å². The number of esters is 1. The molecule has 1 aromatic carbocycles. The molecule has 0 aliphatic carbocycles. The van der Waals surface area contributed by atoms with Crippen LogP contribution in [0.2, 0.25) is 0 Å². The topological polar surface area (TPSA) is 62.6 Å². The van der Waals surface area contributed by atoms with Gasteiger partial charge >= 0.3 is 5.97 Å². The minimum absolute atomic E-state index is 0.302. The third kappa shape index (κ3) is 4.43. The second kappa shape index (κ2) is 9.20. The predicted octanol–water partition coefficient (Wildman–Crippen LogP) is 3.18. The summed E-state index contributed by atoms with van der Waals surface area (Å²) in [6.07, 6.45) is 0.854. The number of rotatable bonds is 9. The van der Waals surface area contributed by atoms with E-state index >= 15 is 0 Å². The molecule has 6 nitrogen and oxygen atoms in total. The van der Waals surface area contributed by atoms with Gasteiger partial charge < -0.3 is 14.2 Å². The van der Waals surface area contributed by atoms with Crippen molar-refractivity contribution in [3.63, 3.8) is 0 Å². The molecule has 24 heavy (non-hydrogen) atoms. The van der Waals surface area contributed by atoms with Gasteiger partial charge in [0.25, 0.3) is 0 Å². The fraction of sp³-hybridized carbons (Fsp3) is 0.444. The standard InChI is InChI=1S/C18H24N2O4/c1-4-22-17(21)15-12-19-20(13-14-10-8-7-9-11-14)16(15)18(23-5-2)24-6-3/h7-12,18H,4-6,13H2,1-3H3. The normalized spacial score (nSPS) is 11.0. The summed E-state index contributed by atoms with van der Waals surface area (Å²) in [7, 11) is 0. The van der Waals surface area contributed by atoms with Gasteiger partial charge in [0, 0.05) is 13.2 Å². The van der Waals surface area contributed by atoms with Gasteiger partial charge in [-0.3, -0.25) is 4.68 Å². The summed E-state index contributed by atoms with van der Waals surface area (Å²) < 4.78 is 18.2. The van der Waals surface area contributed by atoms with Crippen molar-refractivity contribution >= 4 is 5.97 Å². The van der Waals surface area contributed by atoms with E-state index in [2.05, 4.69) is 5.10 Å². The van der Waals surface area contributed by atoms with Crippen LogP contribution in [-0.4, -0.2) is 35.6 Å². The Morgan fingerprint density at radius 1 is 1.08 bits per heavy atom. The average molecular weight is 332 g/mol. The van der Waals surface area contributed by atoms with E-state index in [-0.39, 0.29) is 0 Å². The van der Waals surface area contributed by atoms with Crippen molar-refractivity contribution in [2.75, 3.05) is 19.8 Å². The predicted molar refractivity (Wildman–Crippen MR) is 89.7 cm³/mol. The maximum atomic E-state index is 12.3. The molecule has 0 spiro atoms. The minimum atomic E-state index is -0.661. The van der Waals surface area contributed by atoms with Crippen LogP contribution in [0, 0.1) is 0 Å². The van der Waals surface area contributed by atoms with Crippen molar-refractivity contribution in [1.29, 1.82) is 0 Å². The molecule has 0 atom stereocenters. The van der Waals surface area contributed by atoms with Crippen molar-refractivity contribution in [3.8, 4) is 0 Å². The molecule has 1 aromatic heterocycles. The van der Waals surface area contributed by atoms with Gasteiger partial charge in [-0.05, 0) is 26.3 Å². The summed E-state index contributed by atoms with van der Waals surface area (Å²) in [4.78, 5) is 12.3. The number of benzene rings is 1. The Balaban J connectivity index is 2.40. The Morgan fingerprint density at radius 3 is 2.33 bits per heavy atom. The maximum absolute atomic E-state index is 12.3. The average Bonchev–Trinajstić information content (AvgIpc) is 2.99. The molecule has 0 aliphatic heterocycles. The molecule has 1 heterocycles. The lowest BCUT2D eigenvalue weighted by Gasteiger charge is -2.20. The maximum Gasteiger partial charge on any atom is 0.341 e. The Labute approximate surface area is 142 Å². The van der Waals surface area contributed by atoms with Gasteiger partial charge in [0.2, 0.25) is 6.29 Å². The van der Waals surface area contributed by atoms with E-state index < -0.39 is 12.3 Å². The number of carbonyl (C=O) groups is 1. The number of hydrogen-bond acceptors (Lipinski definition) is 5. The van der Waals surface area contributed by atoms with Crippen LogP contribution in [0.25, 0.3) is 0 Å². The summed E-state index contributed by atoms with van der Waals surface area (Å²) in [5.74, 6) is -0.420. The molecule has 0 radical (unpaired) electrons. The Bertz CT molecular complexity index is 634. The fourth-order valence-electron chi connectivity index (χ4n) is 2.40. The molecule has 0 fully saturated rings. The van der Waals surface area contributed by atoms with Crippen LogP contribution in [0.3, 0.4) is 0 Å². The van der Waals surface area contributed by atoms with Crippen molar-refractivity contribution in [1.82, 2.24) is 9.78 Å². The van der Waals surface area contributed by atoms with Crippen LogP contribution in [0.5, 0.6) is 0 Å². The van der Waals surface area contributed by atoms with E-state index in [0.717, 1.165) is 5.56 Å². The zero-order valence-corrected chi connectivity index (χ0v) is 14.4. The summed E-state index contributed by atoms with van der Waals surface area (Å²) in [5, 5.41) is 4.36. The first-order valence-corrected chi connectivity index (χ1v) is 8.21. The first kappa shape index (κ1) is 18.2. The van der Waals surface area contributed by atoms with Crippen LogP contribution >= 0.6 is 0 Å². The van der Waals surface area contributed by atoms with Gasteiger partial charge in [-0.15, -0.1) is 0 Å². The quantitative estimate of drug-likeness (QED) is 0.521. The van der Waals surface area contributed by atoms with Gasteiger partial charge in [0.15, 0.2) is 0 Å². The number of aromatic nitrogens is 2. The highest BCUT2D eigenvalue weighted by atomic mass is 16.7. The molecule has 0 aliphatic rings. The molecule has 0 unspecified atom stereocenters. The molecule has 0 amide bonds. The molecule has 0 bridgehead atoms. The highest BCUT2D eigenvalue weighted by molar-refractivity contribution is 5.90. The van der Waals surface area contributed by atoms with Crippen molar-refractivity contribution in [2.24, 2.45) is 0 Å². The van der Waals surface area contributed by atoms with Gasteiger partial charge in [0.05, 0.1) is 19.3 Å². The molecule has 6 heteroatoms. The molecular formula is C18H24N2O4. The van der Waals surface area contributed by atoms with E-state index in [0.29, 0.717) is 37.6 Å². The van der Waals surface area contributed by atoms with Crippen molar-refractivity contribution in [3.05, 3.63) is 53.3 Å². The van der Waals surface area contributed by atoms with Crippen LogP contribution < -0.4 is 0 Å². The number of hydrogen-bond donors (Lipinski definition) is 0. The third-order valence-corrected chi connectivity index (χ3v) is 3.41.